The average Bonchev–Trinajstić information content (AvgIpc) is 2.49. The molecule has 0 spiro atoms. The summed E-state index contributed by atoms with van der Waals surface area (Å²) in [6.07, 6.45) is 2.09. The van der Waals surface area contributed by atoms with E-state index >= 15 is 0 Å². The molecule has 0 radical (unpaired) electrons. The molecule has 120 valence electrons. The van der Waals surface area contributed by atoms with Crippen LogP contribution in [-0.2, 0) is 9.59 Å². The summed E-state index contributed by atoms with van der Waals surface area (Å²) in [5, 5.41) is 11.5. The summed E-state index contributed by atoms with van der Waals surface area (Å²) >= 11 is 0. The molecular weight excluding hydrogens is 282 g/mol. The number of rotatable bonds is 9. The van der Waals surface area contributed by atoms with E-state index in [1.807, 2.05) is 26.0 Å². The maximum Gasteiger partial charge on any atom is 0.326 e. The maximum absolute atomic E-state index is 12.0. The number of Topliss-reactive ketones (excluding diaryl/α,β-unsaturated/α-hetero) is 1. The molecule has 0 aliphatic rings. The molecule has 0 heterocycles. The van der Waals surface area contributed by atoms with Gasteiger partial charge in [0.25, 0.3) is 0 Å². The Labute approximate surface area is 130 Å². The molecule has 0 unspecified atom stereocenters. The smallest absolute Gasteiger partial charge is 0.326 e. The van der Waals surface area contributed by atoms with Gasteiger partial charge in [0.15, 0.2) is 5.78 Å². The first-order chi connectivity index (χ1) is 10.4. The molecule has 1 amide bonds. The summed E-state index contributed by atoms with van der Waals surface area (Å²) in [6.45, 7) is 3.89. The van der Waals surface area contributed by atoms with E-state index in [4.69, 9.17) is 5.11 Å². The number of ketones is 1. The van der Waals surface area contributed by atoms with E-state index in [0.29, 0.717) is 12.0 Å². The Morgan fingerprint density at radius 3 is 2.32 bits per heavy atom. The maximum atomic E-state index is 12.0. The summed E-state index contributed by atoms with van der Waals surface area (Å²) in [4.78, 5) is 34.8. The molecule has 0 fully saturated rings. The summed E-state index contributed by atoms with van der Waals surface area (Å²) in [5.74, 6) is -1.55. The number of carboxylic acid groups (broad SMARTS) is 1. The summed E-state index contributed by atoms with van der Waals surface area (Å²) in [7, 11) is 0. The van der Waals surface area contributed by atoms with Crippen LogP contribution in [0.2, 0.25) is 0 Å². The van der Waals surface area contributed by atoms with Gasteiger partial charge in [-0.2, -0.15) is 0 Å². The second-order valence-corrected chi connectivity index (χ2v) is 5.39. The molecule has 0 saturated heterocycles. The van der Waals surface area contributed by atoms with Gasteiger partial charge in [0, 0.05) is 18.4 Å². The Morgan fingerprint density at radius 2 is 1.77 bits per heavy atom. The Bertz CT molecular complexity index is 522. The Balaban J connectivity index is 2.45. The summed E-state index contributed by atoms with van der Waals surface area (Å²) < 4.78 is 0. The van der Waals surface area contributed by atoms with Crippen LogP contribution in [0.5, 0.6) is 0 Å². The predicted octanol–water partition coefficient (Wildman–Crippen LogP) is 2.72. The van der Waals surface area contributed by atoms with Gasteiger partial charge in [0.2, 0.25) is 5.91 Å². The van der Waals surface area contributed by atoms with Gasteiger partial charge in [-0.1, -0.05) is 49.6 Å². The number of aryl methyl sites for hydroxylation is 1. The van der Waals surface area contributed by atoms with Crippen LogP contribution in [-0.4, -0.2) is 28.8 Å². The number of carbonyl (C=O) groups excluding carboxylic acids is 2. The van der Waals surface area contributed by atoms with Gasteiger partial charge in [-0.05, 0) is 13.3 Å². The van der Waals surface area contributed by atoms with Crippen LogP contribution < -0.4 is 5.32 Å². The SMILES string of the molecule is CCCC[C@H](NC(=O)CCC(=O)c1ccc(C)cc1)C(=O)O. The number of hydrogen-bond donors (Lipinski definition) is 2. The predicted molar refractivity (Wildman–Crippen MR) is 83.8 cm³/mol. The topological polar surface area (TPSA) is 83.5 Å². The fourth-order valence-electron chi connectivity index (χ4n) is 2.04. The number of unbranched alkanes of at least 4 members (excludes halogenated alkanes) is 1. The van der Waals surface area contributed by atoms with Crippen LogP contribution in [0.4, 0.5) is 0 Å². The van der Waals surface area contributed by atoms with E-state index < -0.39 is 17.9 Å². The Kier molecular flexibility index (Phi) is 7.29. The molecule has 5 heteroatoms. The van der Waals surface area contributed by atoms with Crippen molar-refractivity contribution in [3.63, 3.8) is 0 Å². The largest absolute Gasteiger partial charge is 0.480 e. The standard InChI is InChI=1S/C17H23NO4/c1-3-4-5-14(17(21)22)18-16(20)11-10-15(19)13-8-6-12(2)7-9-13/h6-9,14H,3-5,10-11H2,1-2H3,(H,18,20)(H,21,22)/t14-/m0/s1. The average molecular weight is 305 g/mol. The number of carboxylic acids is 1. The van der Waals surface area contributed by atoms with E-state index in [0.717, 1.165) is 18.4 Å². The number of hydrogen-bond acceptors (Lipinski definition) is 3. The van der Waals surface area contributed by atoms with E-state index in [1.54, 1.807) is 12.1 Å². The van der Waals surface area contributed by atoms with Gasteiger partial charge in [-0.15, -0.1) is 0 Å². The monoisotopic (exact) mass is 305 g/mol. The third kappa shape index (κ3) is 6.08. The normalized spacial score (nSPS) is 11.7. The quantitative estimate of drug-likeness (QED) is 0.687. The van der Waals surface area contributed by atoms with E-state index in [9.17, 15) is 14.4 Å². The second kappa shape index (κ2) is 8.97. The molecule has 0 aromatic heterocycles. The lowest BCUT2D eigenvalue weighted by atomic mass is 10.0. The number of nitrogens with one attached hydrogen (secondary N) is 1. The van der Waals surface area contributed by atoms with Crippen LogP contribution >= 0.6 is 0 Å². The molecule has 1 atom stereocenters. The highest BCUT2D eigenvalue weighted by molar-refractivity contribution is 5.98. The molecule has 1 aromatic rings. The van der Waals surface area contributed by atoms with Crippen LogP contribution in [0.15, 0.2) is 24.3 Å². The molecule has 0 aliphatic carbocycles. The number of aliphatic carboxylic acids is 1. The van der Waals surface area contributed by atoms with Crippen molar-refractivity contribution < 1.29 is 19.5 Å². The molecule has 0 bridgehead atoms. The van der Waals surface area contributed by atoms with Crippen molar-refractivity contribution >= 4 is 17.7 Å². The minimum Gasteiger partial charge on any atom is -0.480 e. The lowest BCUT2D eigenvalue weighted by molar-refractivity contribution is -0.142. The van der Waals surface area contributed by atoms with E-state index in [2.05, 4.69) is 5.32 Å². The minimum absolute atomic E-state index is 0.00259. The van der Waals surface area contributed by atoms with Crippen LogP contribution in [0, 0.1) is 6.92 Å². The second-order valence-electron chi connectivity index (χ2n) is 5.39. The van der Waals surface area contributed by atoms with Gasteiger partial charge >= 0.3 is 5.97 Å². The molecule has 5 nitrogen and oxygen atoms in total. The first-order valence-corrected chi connectivity index (χ1v) is 7.56. The van der Waals surface area contributed by atoms with E-state index in [-0.39, 0.29) is 18.6 Å². The summed E-state index contributed by atoms with van der Waals surface area (Å²) in [6, 6.07) is 6.28. The van der Waals surface area contributed by atoms with Crippen molar-refractivity contribution in [1.29, 1.82) is 0 Å². The zero-order valence-corrected chi connectivity index (χ0v) is 13.1. The Morgan fingerprint density at radius 1 is 1.14 bits per heavy atom. The Hall–Kier alpha value is -2.17. The van der Waals surface area contributed by atoms with Crippen LogP contribution in [0.25, 0.3) is 0 Å². The highest BCUT2D eigenvalue weighted by atomic mass is 16.4. The zero-order chi connectivity index (χ0) is 16.5. The molecule has 1 rings (SSSR count). The highest BCUT2D eigenvalue weighted by Crippen LogP contribution is 2.08. The lowest BCUT2D eigenvalue weighted by Gasteiger charge is -2.13. The first kappa shape index (κ1) is 17.9. The van der Waals surface area contributed by atoms with Crippen molar-refractivity contribution in [2.45, 2.75) is 52.0 Å². The summed E-state index contributed by atoms with van der Waals surface area (Å²) in [5.41, 5.74) is 1.63. The van der Waals surface area contributed by atoms with Gasteiger partial charge < -0.3 is 10.4 Å². The van der Waals surface area contributed by atoms with Gasteiger partial charge in [0.05, 0.1) is 0 Å². The zero-order valence-electron chi connectivity index (χ0n) is 13.1. The molecule has 0 aliphatic heterocycles. The lowest BCUT2D eigenvalue weighted by Crippen LogP contribution is -2.40. The van der Waals surface area contributed by atoms with Gasteiger partial charge in [0.1, 0.15) is 6.04 Å². The van der Waals surface area contributed by atoms with Gasteiger partial charge in [-0.3, -0.25) is 9.59 Å². The van der Waals surface area contributed by atoms with Crippen LogP contribution in [0.3, 0.4) is 0 Å². The van der Waals surface area contributed by atoms with E-state index in [1.165, 1.54) is 0 Å². The minimum atomic E-state index is -1.04. The first-order valence-electron chi connectivity index (χ1n) is 7.56. The van der Waals surface area contributed by atoms with Crippen molar-refractivity contribution in [3.8, 4) is 0 Å². The molecule has 22 heavy (non-hydrogen) atoms. The number of benzene rings is 1. The van der Waals surface area contributed by atoms with Crippen molar-refractivity contribution in [2.24, 2.45) is 0 Å². The van der Waals surface area contributed by atoms with Crippen molar-refractivity contribution in [1.82, 2.24) is 5.32 Å². The fourth-order valence-corrected chi connectivity index (χ4v) is 2.04. The van der Waals surface area contributed by atoms with Gasteiger partial charge in [-0.25, -0.2) is 4.79 Å². The van der Waals surface area contributed by atoms with Crippen molar-refractivity contribution in [2.75, 3.05) is 0 Å². The third-order valence-electron chi connectivity index (χ3n) is 3.43. The number of amides is 1. The molecular formula is C17H23NO4. The molecule has 2 N–H and O–H groups in total. The number of carbonyl (C=O) groups is 3. The molecule has 0 saturated carbocycles. The fraction of sp³-hybridized carbons (Fsp3) is 0.471. The highest BCUT2D eigenvalue weighted by Gasteiger charge is 2.19. The van der Waals surface area contributed by atoms with Crippen molar-refractivity contribution in [3.05, 3.63) is 35.4 Å². The third-order valence-corrected chi connectivity index (χ3v) is 3.43. The molecule has 1 aromatic carbocycles. The van der Waals surface area contributed by atoms with Crippen LogP contribution in [0.1, 0.15) is 54.9 Å².